The Hall–Kier alpha value is -0.810. The Bertz CT molecular complexity index is 306. The second kappa shape index (κ2) is 3.64. The molecule has 0 saturated carbocycles. The molecule has 1 N–H and O–H groups in total. The molecule has 3 atom stereocenters. The third-order valence-electron chi connectivity index (χ3n) is 2.66. The zero-order valence-electron chi connectivity index (χ0n) is 7.87. The highest BCUT2D eigenvalue weighted by Crippen LogP contribution is 2.40. The first-order valence-corrected chi connectivity index (χ1v) is 4.72. The van der Waals surface area contributed by atoms with E-state index in [1.165, 1.54) is 6.08 Å². The molecule has 2 rings (SSSR count). The van der Waals surface area contributed by atoms with Gasteiger partial charge in [-0.25, -0.2) is 0 Å². The first-order chi connectivity index (χ1) is 7.02. The second-order valence-electron chi connectivity index (χ2n) is 3.76. The molecule has 0 aromatic carbocycles. The number of epoxide rings is 1. The molecule has 0 aromatic rings. The van der Waals surface area contributed by atoms with Crippen LogP contribution >= 0.6 is 0 Å². The lowest BCUT2D eigenvalue weighted by Gasteiger charge is -2.20. The number of alkyl halides is 3. The maximum absolute atomic E-state index is 12.4. The maximum Gasteiger partial charge on any atom is 0.395 e. The highest BCUT2D eigenvalue weighted by molar-refractivity contribution is 5.28. The van der Waals surface area contributed by atoms with Gasteiger partial charge < -0.3 is 9.84 Å². The molecular weight excluding hydrogens is 209 g/mol. The number of ether oxygens (including phenoxy) is 1. The van der Waals surface area contributed by atoms with E-state index in [9.17, 15) is 13.2 Å². The van der Waals surface area contributed by atoms with Gasteiger partial charge in [-0.2, -0.15) is 13.2 Å². The number of aliphatic hydroxyl groups excluding tert-OH is 1. The van der Waals surface area contributed by atoms with E-state index in [4.69, 9.17) is 9.84 Å². The van der Waals surface area contributed by atoms with E-state index >= 15 is 0 Å². The summed E-state index contributed by atoms with van der Waals surface area (Å²) in [5.74, 6) is -1.42. The van der Waals surface area contributed by atoms with Gasteiger partial charge in [0.25, 0.3) is 0 Å². The Labute approximate surface area is 85.0 Å². The van der Waals surface area contributed by atoms with Crippen molar-refractivity contribution in [3.8, 4) is 0 Å². The fourth-order valence-electron chi connectivity index (χ4n) is 1.75. The Balaban J connectivity index is 2.00. The summed E-state index contributed by atoms with van der Waals surface area (Å²) in [7, 11) is 0. The second-order valence-corrected chi connectivity index (χ2v) is 3.76. The quantitative estimate of drug-likeness (QED) is 0.720. The molecule has 1 fully saturated rings. The van der Waals surface area contributed by atoms with Crippen LogP contribution in [0.2, 0.25) is 0 Å². The van der Waals surface area contributed by atoms with Crippen LogP contribution in [-0.2, 0) is 4.74 Å². The number of halogens is 3. The van der Waals surface area contributed by atoms with Gasteiger partial charge in [0.05, 0.1) is 12.5 Å². The van der Waals surface area contributed by atoms with Crippen LogP contribution in [0.4, 0.5) is 13.2 Å². The molecule has 5 heteroatoms. The van der Waals surface area contributed by atoms with Gasteiger partial charge in [0.1, 0.15) is 12.2 Å². The molecule has 2 nitrogen and oxygen atoms in total. The van der Waals surface area contributed by atoms with Crippen LogP contribution in [0.15, 0.2) is 23.8 Å². The average Bonchev–Trinajstić information content (AvgIpc) is 2.95. The molecule has 0 spiro atoms. The summed E-state index contributed by atoms with van der Waals surface area (Å²) in [6.45, 7) is -0.137. The van der Waals surface area contributed by atoms with E-state index in [0.717, 1.165) is 6.08 Å². The van der Waals surface area contributed by atoms with E-state index in [1.807, 2.05) is 0 Å². The van der Waals surface area contributed by atoms with Crippen LogP contribution in [0.3, 0.4) is 0 Å². The third kappa shape index (κ3) is 2.23. The molecule has 84 valence electrons. The molecule has 0 bridgehead atoms. The summed E-state index contributed by atoms with van der Waals surface area (Å²) in [6.07, 6.45) is -0.669. The highest BCUT2D eigenvalue weighted by Gasteiger charge is 2.45. The van der Waals surface area contributed by atoms with Crippen molar-refractivity contribution in [3.63, 3.8) is 0 Å². The zero-order chi connectivity index (χ0) is 11.1. The van der Waals surface area contributed by atoms with Gasteiger partial charge in [-0.1, -0.05) is 18.2 Å². The monoisotopic (exact) mass is 220 g/mol. The molecule has 0 amide bonds. The molecule has 15 heavy (non-hydrogen) atoms. The van der Waals surface area contributed by atoms with Crippen molar-refractivity contribution < 1.29 is 23.0 Å². The van der Waals surface area contributed by atoms with Crippen molar-refractivity contribution in [1.29, 1.82) is 0 Å². The number of aliphatic hydroxyl groups is 1. The minimum absolute atomic E-state index is 0.0544. The first-order valence-electron chi connectivity index (χ1n) is 4.72. The largest absolute Gasteiger partial charge is 0.395 e. The van der Waals surface area contributed by atoms with Crippen LogP contribution in [0.1, 0.15) is 6.42 Å². The van der Waals surface area contributed by atoms with Gasteiger partial charge in [0.2, 0.25) is 0 Å². The Morgan fingerprint density at radius 2 is 2.20 bits per heavy atom. The van der Waals surface area contributed by atoms with Gasteiger partial charge in [-0.3, -0.25) is 0 Å². The summed E-state index contributed by atoms with van der Waals surface area (Å²) >= 11 is 0. The SMILES string of the molecule is OCC1OC1C1=CC=CC(C(F)(F)F)C1. The van der Waals surface area contributed by atoms with Crippen molar-refractivity contribution in [1.82, 2.24) is 0 Å². The van der Waals surface area contributed by atoms with Gasteiger partial charge >= 0.3 is 6.18 Å². The molecule has 0 aromatic heterocycles. The molecule has 1 heterocycles. The van der Waals surface area contributed by atoms with Crippen LogP contribution in [-0.4, -0.2) is 30.1 Å². The summed E-state index contributed by atoms with van der Waals surface area (Å²) in [6, 6.07) is 0. The Morgan fingerprint density at radius 1 is 1.47 bits per heavy atom. The minimum Gasteiger partial charge on any atom is -0.394 e. The lowest BCUT2D eigenvalue weighted by Crippen LogP contribution is -2.24. The van der Waals surface area contributed by atoms with Crippen molar-refractivity contribution in [3.05, 3.63) is 23.8 Å². The predicted molar refractivity (Wildman–Crippen MR) is 47.1 cm³/mol. The van der Waals surface area contributed by atoms with Crippen LogP contribution in [0, 0.1) is 5.92 Å². The van der Waals surface area contributed by atoms with Crippen molar-refractivity contribution in [2.24, 2.45) is 5.92 Å². The predicted octanol–water partition coefficient (Wildman–Crippen LogP) is 1.81. The van der Waals surface area contributed by atoms with Crippen molar-refractivity contribution >= 4 is 0 Å². The van der Waals surface area contributed by atoms with Crippen molar-refractivity contribution in [2.75, 3.05) is 6.61 Å². The van der Waals surface area contributed by atoms with Gasteiger partial charge in [-0.05, 0) is 12.0 Å². The molecule has 1 aliphatic heterocycles. The smallest absolute Gasteiger partial charge is 0.394 e. The minimum atomic E-state index is -4.19. The molecule has 1 aliphatic carbocycles. The average molecular weight is 220 g/mol. The maximum atomic E-state index is 12.4. The number of hydrogen-bond acceptors (Lipinski definition) is 2. The summed E-state index contributed by atoms with van der Waals surface area (Å²) < 4.78 is 42.3. The lowest BCUT2D eigenvalue weighted by atomic mass is 9.91. The summed E-state index contributed by atoms with van der Waals surface area (Å²) in [5.41, 5.74) is 0.624. The molecule has 3 unspecified atom stereocenters. The number of rotatable bonds is 2. The molecule has 0 radical (unpaired) electrons. The van der Waals surface area contributed by atoms with Gasteiger partial charge in [0.15, 0.2) is 0 Å². The number of hydrogen-bond donors (Lipinski definition) is 1. The van der Waals surface area contributed by atoms with E-state index in [0.29, 0.717) is 5.57 Å². The normalized spacial score (nSPS) is 35.2. The highest BCUT2D eigenvalue weighted by atomic mass is 19.4. The molecule has 2 aliphatic rings. The topological polar surface area (TPSA) is 32.8 Å². The first kappa shape index (κ1) is 10.7. The standard InChI is InChI=1S/C10H11F3O2/c11-10(12,13)7-3-1-2-6(4-7)9-8(5-14)15-9/h1-3,7-9,14H,4-5H2. The van der Waals surface area contributed by atoms with Crippen molar-refractivity contribution in [2.45, 2.75) is 24.8 Å². The fourth-order valence-corrected chi connectivity index (χ4v) is 1.75. The lowest BCUT2D eigenvalue weighted by molar-refractivity contribution is -0.161. The van der Waals surface area contributed by atoms with E-state index < -0.39 is 12.1 Å². The fraction of sp³-hybridized carbons (Fsp3) is 0.600. The molecule has 1 saturated heterocycles. The van der Waals surface area contributed by atoms with Crippen LogP contribution in [0.5, 0.6) is 0 Å². The number of allylic oxidation sites excluding steroid dienone is 3. The zero-order valence-corrected chi connectivity index (χ0v) is 7.87. The van der Waals surface area contributed by atoms with E-state index in [-0.39, 0.29) is 25.2 Å². The summed E-state index contributed by atoms with van der Waals surface area (Å²) in [5, 5.41) is 8.74. The third-order valence-corrected chi connectivity index (χ3v) is 2.66. The van der Waals surface area contributed by atoms with Gasteiger partial charge in [-0.15, -0.1) is 0 Å². The Kier molecular flexibility index (Phi) is 2.60. The van der Waals surface area contributed by atoms with Crippen LogP contribution < -0.4 is 0 Å². The molecular formula is C10H11F3O2. The van der Waals surface area contributed by atoms with Crippen LogP contribution in [0.25, 0.3) is 0 Å². The Morgan fingerprint density at radius 3 is 2.73 bits per heavy atom. The van der Waals surface area contributed by atoms with E-state index in [2.05, 4.69) is 0 Å². The summed E-state index contributed by atoms with van der Waals surface area (Å²) in [4.78, 5) is 0. The van der Waals surface area contributed by atoms with Gasteiger partial charge in [0, 0.05) is 0 Å². The van der Waals surface area contributed by atoms with E-state index in [1.54, 1.807) is 6.08 Å².